The molecule has 2 aromatic carbocycles. The van der Waals surface area contributed by atoms with Crippen molar-refractivity contribution in [3.05, 3.63) is 60.2 Å². The minimum Gasteiger partial charge on any atom is -0.463 e. The Labute approximate surface area is 192 Å². The topological polar surface area (TPSA) is 106 Å². The van der Waals surface area contributed by atoms with E-state index in [2.05, 4.69) is 16.0 Å². The van der Waals surface area contributed by atoms with Crippen LogP contribution in [0.5, 0.6) is 0 Å². The van der Waals surface area contributed by atoms with Crippen molar-refractivity contribution in [2.75, 3.05) is 31.0 Å². The van der Waals surface area contributed by atoms with Gasteiger partial charge in [0.15, 0.2) is 5.11 Å². The van der Waals surface area contributed by atoms with Crippen molar-refractivity contribution in [2.24, 2.45) is 0 Å². The maximum atomic E-state index is 12.2. The van der Waals surface area contributed by atoms with Crippen LogP contribution in [0.15, 0.2) is 54.6 Å². The van der Waals surface area contributed by atoms with Gasteiger partial charge in [0.1, 0.15) is 6.61 Å². The zero-order valence-corrected chi connectivity index (χ0v) is 18.7. The van der Waals surface area contributed by atoms with Crippen molar-refractivity contribution in [2.45, 2.75) is 25.7 Å². The maximum Gasteiger partial charge on any atom is 0.306 e. The Morgan fingerprint density at radius 2 is 1.56 bits per heavy atom. The lowest BCUT2D eigenvalue weighted by molar-refractivity contribution is -0.146. The fourth-order valence-corrected chi connectivity index (χ4v) is 2.91. The zero-order valence-electron chi connectivity index (χ0n) is 17.9. The summed E-state index contributed by atoms with van der Waals surface area (Å²) in [6, 6.07) is 16.8. The normalized spacial score (nSPS) is 10.2. The van der Waals surface area contributed by atoms with Crippen molar-refractivity contribution in [1.82, 2.24) is 5.32 Å². The Balaban J connectivity index is 1.74. The molecule has 0 radical (unpaired) electrons. The van der Waals surface area contributed by atoms with Gasteiger partial charge in [0, 0.05) is 31.3 Å². The van der Waals surface area contributed by atoms with Crippen LogP contribution in [0.25, 0.3) is 0 Å². The van der Waals surface area contributed by atoms with Gasteiger partial charge >= 0.3 is 5.97 Å². The monoisotopic (exact) mass is 457 g/mol. The number of amides is 2. The number of ether oxygens (including phenoxy) is 2. The highest BCUT2D eigenvalue weighted by Crippen LogP contribution is 2.16. The van der Waals surface area contributed by atoms with E-state index in [-0.39, 0.29) is 30.5 Å². The number of benzene rings is 2. The first-order valence-electron chi connectivity index (χ1n) is 10.2. The summed E-state index contributed by atoms with van der Waals surface area (Å²) < 4.78 is 9.68. The van der Waals surface area contributed by atoms with Crippen LogP contribution in [0.1, 0.15) is 24.8 Å². The number of nitrogens with one attached hydrogen (secondary N) is 3. The number of carbonyl (C=O) groups is 3. The van der Waals surface area contributed by atoms with Crippen LogP contribution in [0.2, 0.25) is 0 Å². The van der Waals surface area contributed by atoms with Gasteiger partial charge in [0.25, 0.3) is 0 Å². The molecule has 32 heavy (non-hydrogen) atoms. The van der Waals surface area contributed by atoms with E-state index in [4.69, 9.17) is 21.7 Å². The summed E-state index contributed by atoms with van der Waals surface area (Å²) in [5, 5.41) is 8.34. The molecule has 0 aromatic heterocycles. The number of thiocarbonyl (C=S) groups is 1. The average Bonchev–Trinajstić information content (AvgIpc) is 2.77. The van der Waals surface area contributed by atoms with E-state index in [9.17, 15) is 14.4 Å². The molecule has 0 aliphatic rings. The third-order valence-electron chi connectivity index (χ3n) is 4.25. The molecule has 0 saturated carbocycles. The molecule has 0 saturated heterocycles. The average molecular weight is 458 g/mol. The third-order valence-corrected chi connectivity index (χ3v) is 4.45. The molecule has 9 heteroatoms. The number of hydrogen-bond acceptors (Lipinski definition) is 6. The molecule has 0 unspecified atom stereocenters. The number of carbonyl (C=O) groups excluding carboxylic acids is 3. The first-order chi connectivity index (χ1) is 15.5. The lowest BCUT2D eigenvalue weighted by Crippen LogP contribution is -2.34. The summed E-state index contributed by atoms with van der Waals surface area (Å²) in [6.07, 6.45) is 0.915. The SMILES string of the molecule is COCCOC(=O)CCC(=O)NC(=S)Nc1cccc(NC(=O)CCc2ccccc2)c1. The van der Waals surface area contributed by atoms with Crippen molar-refractivity contribution in [3.8, 4) is 0 Å². The Morgan fingerprint density at radius 3 is 2.28 bits per heavy atom. The summed E-state index contributed by atoms with van der Waals surface area (Å²) in [4.78, 5) is 35.7. The van der Waals surface area contributed by atoms with Crippen molar-refractivity contribution < 1.29 is 23.9 Å². The van der Waals surface area contributed by atoms with Gasteiger partial charge in [0.05, 0.1) is 13.0 Å². The molecule has 0 atom stereocenters. The zero-order chi connectivity index (χ0) is 23.2. The van der Waals surface area contributed by atoms with Gasteiger partial charge in [-0.1, -0.05) is 36.4 Å². The molecule has 2 amide bonds. The highest BCUT2D eigenvalue weighted by Gasteiger charge is 2.10. The molecule has 2 aromatic rings. The molecule has 2 rings (SSSR count). The Bertz CT molecular complexity index is 921. The second-order valence-corrected chi connectivity index (χ2v) is 7.24. The Morgan fingerprint density at radius 1 is 0.844 bits per heavy atom. The number of esters is 1. The van der Waals surface area contributed by atoms with E-state index in [1.54, 1.807) is 24.3 Å². The number of aryl methyl sites for hydroxylation is 1. The first-order valence-corrected chi connectivity index (χ1v) is 10.6. The number of hydrogen-bond donors (Lipinski definition) is 3. The minimum absolute atomic E-state index is 0.0504. The molecule has 0 fully saturated rings. The molecular weight excluding hydrogens is 430 g/mol. The highest BCUT2D eigenvalue weighted by atomic mass is 32.1. The standard InChI is InChI=1S/C23H27N3O5S/c1-30-14-15-31-22(29)13-12-21(28)26-23(32)25-19-9-5-8-18(16-19)24-20(27)11-10-17-6-3-2-4-7-17/h2-9,16H,10-15H2,1H3,(H,24,27)(H2,25,26,28,32). The Kier molecular flexibility index (Phi) is 10.8. The van der Waals surface area contributed by atoms with E-state index < -0.39 is 11.9 Å². The van der Waals surface area contributed by atoms with E-state index in [1.165, 1.54) is 7.11 Å². The summed E-state index contributed by atoms with van der Waals surface area (Å²) >= 11 is 5.14. The molecule has 170 valence electrons. The van der Waals surface area contributed by atoms with Crippen LogP contribution in [0, 0.1) is 0 Å². The fraction of sp³-hybridized carbons (Fsp3) is 0.304. The van der Waals surface area contributed by atoms with Gasteiger partial charge in [-0.25, -0.2) is 0 Å². The summed E-state index contributed by atoms with van der Waals surface area (Å²) in [5.41, 5.74) is 2.32. The molecule has 0 spiro atoms. The quantitative estimate of drug-likeness (QED) is 0.271. The van der Waals surface area contributed by atoms with Crippen LogP contribution in [0.3, 0.4) is 0 Å². The maximum absolute atomic E-state index is 12.2. The molecule has 0 aliphatic carbocycles. The summed E-state index contributed by atoms with van der Waals surface area (Å²) in [5.74, 6) is -0.984. The predicted octanol–water partition coefficient (Wildman–Crippen LogP) is 3.04. The van der Waals surface area contributed by atoms with Crippen molar-refractivity contribution in [1.29, 1.82) is 0 Å². The van der Waals surface area contributed by atoms with Gasteiger partial charge in [-0.05, 0) is 42.4 Å². The molecule has 3 N–H and O–H groups in total. The van der Waals surface area contributed by atoms with Crippen molar-refractivity contribution >= 4 is 46.5 Å². The summed E-state index contributed by atoms with van der Waals surface area (Å²) in [7, 11) is 1.50. The fourth-order valence-electron chi connectivity index (χ4n) is 2.68. The lowest BCUT2D eigenvalue weighted by atomic mass is 10.1. The van der Waals surface area contributed by atoms with Gasteiger partial charge in [-0.3, -0.25) is 14.4 Å². The molecular formula is C23H27N3O5S. The molecule has 0 heterocycles. The first kappa shape index (κ1) is 25.0. The second-order valence-electron chi connectivity index (χ2n) is 6.83. The molecule has 8 nitrogen and oxygen atoms in total. The number of anilines is 2. The summed E-state index contributed by atoms with van der Waals surface area (Å²) in [6.45, 7) is 0.453. The van der Waals surface area contributed by atoms with Gasteiger partial charge in [-0.2, -0.15) is 0 Å². The molecule has 0 aliphatic heterocycles. The van der Waals surface area contributed by atoms with E-state index in [0.29, 0.717) is 30.8 Å². The molecule has 0 bridgehead atoms. The predicted molar refractivity (Wildman–Crippen MR) is 126 cm³/mol. The number of rotatable bonds is 11. The van der Waals surface area contributed by atoms with Crippen LogP contribution in [-0.2, 0) is 30.3 Å². The van der Waals surface area contributed by atoms with Crippen LogP contribution in [0.4, 0.5) is 11.4 Å². The van der Waals surface area contributed by atoms with E-state index in [1.807, 2.05) is 30.3 Å². The van der Waals surface area contributed by atoms with Gasteiger partial charge in [0.2, 0.25) is 11.8 Å². The lowest BCUT2D eigenvalue weighted by Gasteiger charge is -2.11. The van der Waals surface area contributed by atoms with Gasteiger partial charge in [-0.15, -0.1) is 0 Å². The number of methoxy groups -OCH3 is 1. The van der Waals surface area contributed by atoms with E-state index >= 15 is 0 Å². The van der Waals surface area contributed by atoms with E-state index in [0.717, 1.165) is 5.56 Å². The van der Waals surface area contributed by atoms with Crippen LogP contribution in [-0.4, -0.2) is 43.2 Å². The minimum atomic E-state index is -0.480. The van der Waals surface area contributed by atoms with Crippen LogP contribution < -0.4 is 16.0 Å². The third kappa shape index (κ3) is 10.1. The van der Waals surface area contributed by atoms with Gasteiger partial charge < -0.3 is 25.4 Å². The Hall–Kier alpha value is -3.30. The van der Waals surface area contributed by atoms with Crippen LogP contribution >= 0.6 is 12.2 Å². The highest BCUT2D eigenvalue weighted by molar-refractivity contribution is 7.80. The largest absolute Gasteiger partial charge is 0.463 e. The second kappa shape index (κ2) is 13.9. The van der Waals surface area contributed by atoms with Crippen molar-refractivity contribution in [3.63, 3.8) is 0 Å². The smallest absolute Gasteiger partial charge is 0.306 e.